The summed E-state index contributed by atoms with van der Waals surface area (Å²) in [5, 5.41) is 9.33. The molecular weight excluding hydrogens is 255 g/mol. The van der Waals surface area contributed by atoms with E-state index < -0.39 is 6.17 Å². The number of hydrogen-bond donors (Lipinski definition) is 1. The van der Waals surface area contributed by atoms with Crippen LogP contribution in [0.5, 0.6) is 0 Å². The van der Waals surface area contributed by atoms with Crippen molar-refractivity contribution in [1.29, 1.82) is 0 Å². The molecule has 0 aromatic rings. The van der Waals surface area contributed by atoms with Crippen LogP contribution in [0.2, 0.25) is 0 Å². The van der Waals surface area contributed by atoms with E-state index in [-0.39, 0.29) is 12.0 Å². The fourth-order valence-corrected chi connectivity index (χ4v) is 4.40. The largest absolute Gasteiger partial charge is 0.252 e. The van der Waals surface area contributed by atoms with Gasteiger partial charge < -0.3 is 0 Å². The molecule has 0 saturated heterocycles. The van der Waals surface area contributed by atoms with Gasteiger partial charge in [-0.05, 0) is 49.9 Å². The van der Waals surface area contributed by atoms with Gasteiger partial charge in [-0.25, -0.2) is 9.28 Å². The second-order valence-corrected chi connectivity index (χ2v) is 7.03. The zero-order chi connectivity index (χ0) is 14.5. The third-order valence-electron chi connectivity index (χ3n) is 5.99. The first-order chi connectivity index (χ1) is 9.69. The Balaban J connectivity index is 1.91. The quantitative estimate of drug-likeness (QED) is 0.554. The summed E-state index contributed by atoms with van der Waals surface area (Å²) in [6.07, 6.45) is 8.45. The molecule has 0 aliphatic heterocycles. The second kappa shape index (κ2) is 7.74. The van der Waals surface area contributed by atoms with Crippen molar-refractivity contribution in [1.82, 2.24) is 0 Å². The van der Waals surface area contributed by atoms with Crippen LogP contribution >= 0.6 is 0 Å². The maximum Gasteiger partial charge on any atom is 0.106 e. The van der Waals surface area contributed by atoms with Crippen molar-refractivity contribution < 1.29 is 14.5 Å². The lowest BCUT2D eigenvalue weighted by Gasteiger charge is -2.40. The molecule has 4 unspecified atom stereocenters. The molecule has 2 rings (SSSR count). The number of hydrogen-bond acceptors (Lipinski definition) is 2. The van der Waals surface area contributed by atoms with Gasteiger partial charge in [0.25, 0.3) is 0 Å². The van der Waals surface area contributed by atoms with Gasteiger partial charge in [-0.2, -0.15) is 0 Å². The van der Waals surface area contributed by atoms with Gasteiger partial charge in [0.05, 0.1) is 0 Å². The molecule has 0 spiro atoms. The average Bonchev–Trinajstić information content (AvgIpc) is 2.50. The van der Waals surface area contributed by atoms with Crippen molar-refractivity contribution >= 4 is 0 Å². The van der Waals surface area contributed by atoms with Crippen molar-refractivity contribution in [2.45, 2.75) is 83.9 Å². The van der Waals surface area contributed by atoms with Gasteiger partial charge in [-0.15, -0.1) is 0 Å². The highest BCUT2D eigenvalue weighted by Gasteiger charge is 2.40. The Morgan fingerprint density at radius 3 is 2.10 bits per heavy atom. The molecule has 0 amide bonds. The van der Waals surface area contributed by atoms with E-state index in [1.807, 2.05) is 0 Å². The minimum atomic E-state index is -0.797. The van der Waals surface area contributed by atoms with E-state index >= 15 is 0 Å². The fraction of sp³-hybridized carbons (Fsp3) is 1.00. The van der Waals surface area contributed by atoms with E-state index in [0.29, 0.717) is 18.3 Å². The third kappa shape index (κ3) is 3.73. The van der Waals surface area contributed by atoms with Gasteiger partial charge >= 0.3 is 0 Å². The van der Waals surface area contributed by atoms with Crippen LogP contribution in [0.1, 0.15) is 71.6 Å². The van der Waals surface area contributed by atoms with Crippen molar-refractivity contribution in [2.24, 2.45) is 23.7 Å². The number of halogens is 1. The first-order valence-corrected chi connectivity index (χ1v) is 8.63. The third-order valence-corrected chi connectivity index (χ3v) is 5.99. The summed E-state index contributed by atoms with van der Waals surface area (Å²) in [4.78, 5) is 4.80. The van der Waals surface area contributed by atoms with Crippen LogP contribution in [0.3, 0.4) is 0 Å². The predicted octanol–water partition coefficient (Wildman–Crippen LogP) is 5.23. The molecule has 4 atom stereocenters. The molecule has 0 heterocycles. The van der Waals surface area contributed by atoms with Gasteiger partial charge in [0.2, 0.25) is 0 Å². The van der Waals surface area contributed by atoms with Crippen LogP contribution in [0.15, 0.2) is 0 Å². The Bertz CT molecular complexity index is 276. The summed E-state index contributed by atoms with van der Waals surface area (Å²) in [5.41, 5.74) is 0. The maximum atomic E-state index is 14.4. The molecule has 2 aliphatic rings. The molecule has 0 aromatic heterocycles. The summed E-state index contributed by atoms with van der Waals surface area (Å²) in [5.74, 6) is 1.61. The Labute approximate surface area is 123 Å². The SMILES string of the molecule is CCC1CCC(C(OO)C2CCC(CC)CC2F)CC1. The van der Waals surface area contributed by atoms with Gasteiger partial charge in [0.1, 0.15) is 12.3 Å². The highest BCUT2D eigenvalue weighted by molar-refractivity contribution is 4.89. The smallest absolute Gasteiger partial charge is 0.106 e. The molecule has 0 aromatic carbocycles. The van der Waals surface area contributed by atoms with Crippen LogP contribution in [-0.4, -0.2) is 17.5 Å². The summed E-state index contributed by atoms with van der Waals surface area (Å²) in [7, 11) is 0. The fourth-order valence-electron chi connectivity index (χ4n) is 4.40. The molecule has 118 valence electrons. The minimum Gasteiger partial charge on any atom is -0.252 e. The molecular formula is C17H31FO2. The summed E-state index contributed by atoms with van der Waals surface area (Å²) >= 11 is 0. The standard InChI is InChI=1S/C17H31FO2/c1-3-12-5-8-14(9-6-12)17(20-19)15-10-7-13(4-2)11-16(15)18/h12-17,19H,3-11H2,1-2H3. The summed E-state index contributed by atoms with van der Waals surface area (Å²) in [6, 6.07) is 0. The topological polar surface area (TPSA) is 29.5 Å². The van der Waals surface area contributed by atoms with Crippen LogP contribution in [0, 0.1) is 23.7 Å². The Kier molecular flexibility index (Phi) is 6.28. The van der Waals surface area contributed by atoms with Crippen molar-refractivity contribution in [3.05, 3.63) is 0 Å². The lowest BCUT2D eigenvalue weighted by atomic mass is 9.70. The van der Waals surface area contributed by atoms with Gasteiger partial charge in [-0.1, -0.05) is 39.5 Å². The molecule has 0 radical (unpaired) electrons. The molecule has 2 fully saturated rings. The molecule has 3 heteroatoms. The van der Waals surface area contributed by atoms with Crippen molar-refractivity contribution in [3.8, 4) is 0 Å². The zero-order valence-electron chi connectivity index (χ0n) is 13.1. The highest BCUT2D eigenvalue weighted by atomic mass is 19.1. The number of rotatable bonds is 5. The second-order valence-electron chi connectivity index (χ2n) is 7.03. The summed E-state index contributed by atoms with van der Waals surface area (Å²) in [6.45, 7) is 4.39. The lowest BCUT2D eigenvalue weighted by molar-refractivity contribution is -0.310. The molecule has 2 aliphatic carbocycles. The van der Waals surface area contributed by atoms with Crippen LogP contribution in [0.4, 0.5) is 4.39 Å². The first kappa shape index (κ1) is 16.2. The summed E-state index contributed by atoms with van der Waals surface area (Å²) < 4.78 is 14.4. The number of alkyl halides is 1. The van der Waals surface area contributed by atoms with E-state index in [1.165, 1.54) is 19.3 Å². The van der Waals surface area contributed by atoms with E-state index in [2.05, 4.69) is 13.8 Å². The Hall–Kier alpha value is -0.150. The van der Waals surface area contributed by atoms with Gasteiger partial charge in [-0.3, -0.25) is 5.26 Å². The molecule has 2 saturated carbocycles. The van der Waals surface area contributed by atoms with Crippen LogP contribution in [-0.2, 0) is 4.89 Å². The van der Waals surface area contributed by atoms with Crippen LogP contribution < -0.4 is 0 Å². The average molecular weight is 286 g/mol. The van der Waals surface area contributed by atoms with E-state index in [4.69, 9.17) is 4.89 Å². The molecule has 1 N–H and O–H groups in total. The first-order valence-electron chi connectivity index (χ1n) is 8.63. The van der Waals surface area contributed by atoms with E-state index in [9.17, 15) is 9.65 Å². The van der Waals surface area contributed by atoms with E-state index in [1.54, 1.807) is 0 Å². The maximum absolute atomic E-state index is 14.4. The van der Waals surface area contributed by atoms with Crippen LogP contribution in [0.25, 0.3) is 0 Å². The Morgan fingerprint density at radius 1 is 1.00 bits per heavy atom. The monoisotopic (exact) mass is 286 g/mol. The zero-order valence-corrected chi connectivity index (χ0v) is 13.1. The Morgan fingerprint density at radius 2 is 1.60 bits per heavy atom. The molecule has 2 nitrogen and oxygen atoms in total. The predicted molar refractivity (Wildman–Crippen MR) is 79.3 cm³/mol. The lowest BCUT2D eigenvalue weighted by Crippen LogP contribution is -2.41. The normalized spacial score (nSPS) is 40.5. The highest BCUT2D eigenvalue weighted by Crippen LogP contribution is 2.42. The van der Waals surface area contributed by atoms with Crippen molar-refractivity contribution in [3.63, 3.8) is 0 Å². The molecule has 0 bridgehead atoms. The minimum absolute atomic E-state index is 0.0917. The van der Waals surface area contributed by atoms with Gasteiger partial charge in [0, 0.05) is 5.92 Å². The van der Waals surface area contributed by atoms with E-state index in [0.717, 1.165) is 38.0 Å². The molecule has 20 heavy (non-hydrogen) atoms. The van der Waals surface area contributed by atoms with Gasteiger partial charge in [0.15, 0.2) is 0 Å². The van der Waals surface area contributed by atoms with Crippen molar-refractivity contribution in [2.75, 3.05) is 0 Å².